The monoisotopic (exact) mass is 495 g/mol. The molecular weight excluding hydrogens is 466 g/mol. The molecular formula is C28H29N7O2. The molecule has 3 aromatic heterocycles. The van der Waals surface area contributed by atoms with Crippen LogP contribution in [-0.4, -0.2) is 56.3 Å². The van der Waals surface area contributed by atoms with E-state index in [9.17, 15) is 4.79 Å². The Morgan fingerprint density at radius 3 is 2.59 bits per heavy atom. The summed E-state index contributed by atoms with van der Waals surface area (Å²) in [5.74, 6) is 1.38. The van der Waals surface area contributed by atoms with Gasteiger partial charge in [-0.15, -0.1) is 5.10 Å². The number of nitrogens with zero attached hydrogens (tertiary/aromatic N) is 6. The third-order valence-electron chi connectivity index (χ3n) is 7.13. The average molecular weight is 496 g/mol. The van der Waals surface area contributed by atoms with Crippen molar-refractivity contribution in [3.63, 3.8) is 0 Å². The van der Waals surface area contributed by atoms with Crippen molar-refractivity contribution in [3.05, 3.63) is 106 Å². The molecule has 1 saturated heterocycles. The number of fused-ring (bicyclic) bond motifs is 1. The summed E-state index contributed by atoms with van der Waals surface area (Å²) in [6, 6.07) is 22.0. The lowest BCUT2D eigenvalue weighted by Crippen LogP contribution is -2.49. The van der Waals surface area contributed by atoms with Crippen molar-refractivity contribution in [1.29, 1.82) is 0 Å². The molecule has 0 saturated carbocycles. The molecule has 37 heavy (non-hydrogen) atoms. The van der Waals surface area contributed by atoms with Crippen LogP contribution in [0.2, 0.25) is 0 Å². The summed E-state index contributed by atoms with van der Waals surface area (Å²) in [6.45, 7) is 5.73. The molecule has 1 atom stereocenters. The van der Waals surface area contributed by atoms with E-state index in [2.05, 4.69) is 73.6 Å². The number of H-pyrrole nitrogens is 1. The Labute approximate surface area is 214 Å². The van der Waals surface area contributed by atoms with E-state index < -0.39 is 6.04 Å². The third-order valence-corrected chi connectivity index (χ3v) is 7.13. The van der Waals surface area contributed by atoms with Gasteiger partial charge in [-0.05, 0) is 70.3 Å². The molecule has 9 nitrogen and oxygen atoms in total. The lowest BCUT2D eigenvalue weighted by atomic mass is 10.0. The summed E-state index contributed by atoms with van der Waals surface area (Å²) in [4.78, 5) is 21.3. The fourth-order valence-corrected chi connectivity index (χ4v) is 5.14. The minimum absolute atomic E-state index is 0.125. The highest BCUT2D eigenvalue weighted by Gasteiger charge is 2.33. The number of furan rings is 1. The number of anilines is 1. The van der Waals surface area contributed by atoms with E-state index >= 15 is 0 Å². The topological polar surface area (TPSA) is 96.1 Å². The van der Waals surface area contributed by atoms with Gasteiger partial charge >= 0.3 is 0 Å². The average Bonchev–Trinajstić information content (AvgIpc) is 3.63. The summed E-state index contributed by atoms with van der Waals surface area (Å²) >= 11 is 0. The van der Waals surface area contributed by atoms with Crippen LogP contribution < -0.4 is 10.5 Å². The summed E-state index contributed by atoms with van der Waals surface area (Å²) < 4.78 is 7.29. The van der Waals surface area contributed by atoms with Gasteiger partial charge in [-0.2, -0.15) is 0 Å². The predicted molar refractivity (Wildman–Crippen MR) is 142 cm³/mol. The van der Waals surface area contributed by atoms with E-state index in [1.54, 1.807) is 10.9 Å². The van der Waals surface area contributed by atoms with Gasteiger partial charge in [-0.1, -0.05) is 31.2 Å². The third kappa shape index (κ3) is 4.65. The Balaban J connectivity index is 1.40. The van der Waals surface area contributed by atoms with E-state index in [4.69, 9.17) is 4.42 Å². The number of aromatic nitrogens is 5. The van der Waals surface area contributed by atoms with Crippen molar-refractivity contribution in [2.45, 2.75) is 25.9 Å². The van der Waals surface area contributed by atoms with Crippen LogP contribution in [0, 0.1) is 0 Å². The van der Waals surface area contributed by atoms with Crippen molar-refractivity contribution in [2.75, 3.05) is 31.1 Å². The summed E-state index contributed by atoms with van der Waals surface area (Å²) in [7, 11) is 0. The number of hydrogen-bond donors (Lipinski definition) is 1. The first-order valence-electron chi connectivity index (χ1n) is 12.7. The van der Waals surface area contributed by atoms with Crippen molar-refractivity contribution in [2.24, 2.45) is 0 Å². The van der Waals surface area contributed by atoms with Gasteiger partial charge in [0.1, 0.15) is 18.3 Å². The van der Waals surface area contributed by atoms with Gasteiger partial charge in [0.15, 0.2) is 5.82 Å². The van der Waals surface area contributed by atoms with Crippen molar-refractivity contribution in [1.82, 2.24) is 30.1 Å². The van der Waals surface area contributed by atoms with Crippen LogP contribution in [0.3, 0.4) is 0 Å². The van der Waals surface area contributed by atoms with Crippen molar-refractivity contribution in [3.8, 4) is 0 Å². The lowest BCUT2D eigenvalue weighted by molar-refractivity contribution is 0.200. The molecule has 1 aliphatic heterocycles. The molecule has 2 aromatic carbocycles. The van der Waals surface area contributed by atoms with Gasteiger partial charge in [-0.3, -0.25) is 9.69 Å². The van der Waals surface area contributed by atoms with Gasteiger partial charge in [0.2, 0.25) is 0 Å². The van der Waals surface area contributed by atoms with Gasteiger partial charge < -0.3 is 14.3 Å². The molecule has 1 fully saturated rings. The van der Waals surface area contributed by atoms with Crippen LogP contribution in [0.15, 0.2) is 82.2 Å². The van der Waals surface area contributed by atoms with Gasteiger partial charge in [0.25, 0.3) is 5.56 Å². The number of para-hydroxylation sites is 1. The smallest absolute Gasteiger partial charge is 0.253 e. The zero-order valence-electron chi connectivity index (χ0n) is 20.7. The molecule has 5 aromatic rings. The first-order chi connectivity index (χ1) is 18.2. The molecule has 0 spiro atoms. The largest absolute Gasteiger partial charge is 0.467 e. The van der Waals surface area contributed by atoms with Gasteiger partial charge in [0, 0.05) is 42.9 Å². The Morgan fingerprint density at radius 1 is 1.00 bits per heavy atom. The van der Waals surface area contributed by atoms with Crippen LogP contribution in [0.5, 0.6) is 0 Å². The maximum atomic E-state index is 13.5. The first-order valence-corrected chi connectivity index (χ1v) is 12.7. The van der Waals surface area contributed by atoms with E-state index in [0.717, 1.165) is 49.3 Å². The molecule has 188 valence electrons. The SMILES string of the molecule is CCc1ccc2[nH]c(=O)c(C(c3nnnn3Cc3ccco3)N3CCN(c4ccccc4)CC3)cc2c1. The molecule has 1 unspecified atom stereocenters. The Hall–Kier alpha value is -4.24. The number of piperazine rings is 1. The maximum absolute atomic E-state index is 13.5. The Morgan fingerprint density at radius 2 is 1.84 bits per heavy atom. The predicted octanol–water partition coefficient (Wildman–Crippen LogP) is 3.63. The molecule has 0 bridgehead atoms. The van der Waals surface area contributed by atoms with Crippen LogP contribution in [0.25, 0.3) is 10.9 Å². The zero-order valence-corrected chi connectivity index (χ0v) is 20.7. The molecule has 4 heterocycles. The highest BCUT2D eigenvalue weighted by molar-refractivity contribution is 5.80. The molecule has 0 radical (unpaired) electrons. The number of nitrogens with one attached hydrogen (secondary N) is 1. The Bertz CT molecular complexity index is 1530. The van der Waals surface area contributed by atoms with E-state index in [-0.39, 0.29) is 5.56 Å². The number of hydrogen-bond acceptors (Lipinski definition) is 7. The highest BCUT2D eigenvalue weighted by Crippen LogP contribution is 2.29. The quantitative estimate of drug-likeness (QED) is 0.368. The van der Waals surface area contributed by atoms with Crippen LogP contribution in [0.4, 0.5) is 5.69 Å². The summed E-state index contributed by atoms with van der Waals surface area (Å²) in [6.07, 6.45) is 2.57. The van der Waals surface area contributed by atoms with Gasteiger partial charge in [0.05, 0.1) is 6.26 Å². The van der Waals surface area contributed by atoms with Crippen molar-refractivity contribution < 1.29 is 4.42 Å². The maximum Gasteiger partial charge on any atom is 0.253 e. The van der Waals surface area contributed by atoms with Crippen LogP contribution >= 0.6 is 0 Å². The minimum atomic E-state index is -0.402. The van der Waals surface area contributed by atoms with E-state index in [0.29, 0.717) is 17.9 Å². The molecule has 1 aliphatic rings. The van der Waals surface area contributed by atoms with Crippen LogP contribution in [0.1, 0.15) is 35.7 Å². The lowest BCUT2D eigenvalue weighted by Gasteiger charge is -2.39. The molecule has 1 N–H and O–H groups in total. The Kier molecular flexibility index (Phi) is 6.28. The van der Waals surface area contributed by atoms with Crippen LogP contribution in [-0.2, 0) is 13.0 Å². The van der Waals surface area contributed by atoms with Crippen molar-refractivity contribution >= 4 is 16.6 Å². The molecule has 0 amide bonds. The number of tetrazole rings is 1. The number of benzene rings is 2. The normalized spacial score (nSPS) is 15.3. The second kappa shape index (κ2) is 10.0. The van der Waals surface area contributed by atoms with E-state index in [1.807, 2.05) is 30.3 Å². The number of aromatic amines is 1. The zero-order chi connectivity index (χ0) is 25.2. The van der Waals surface area contributed by atoms with E-state index in [1.165, 1.54) is 11.3 Å². The standard InChI is InChI=1S/C28H29N7O2/c1-2-20-10-11-25-21(17-20)18-24(28(36)29-25)26(27-30-31-32-35(27)19-23-9-6-16-37-23)34-14-12-33(13-15-34)22-7-4-3-5-8-22/h3-11,16-18,26H,2,12-15,19H2,1H3,(H,29,36). The fraction of sp³-hybridized carbons (Fsp3) is 0.286. The first kappa shape index (κ1) is 23.2. The molecule has 0 aliphatic carbocycles. The molecule has 6 rings (SSSR count). The number of aryl methyl sites for hydroxylation is 1. The molecule has 9 heteroatoms. The second-order valence-electron chi connectivity index (χ2n) is 9.36. The number of pyridine rings is 1. The summed E-state index contributed by atoms with van der Waals surface area (Å²) in [5, 5.41) is 13.7. The summed E-state index contributed by atoms with van der Waals surface area (Å²) in [5.41, 5.74) is 3.77. The van der Waals surface area contributed by atoms with Gasteiger partial charge in [-0.25, -0.2) is 4.68 Å². The number of rotatable bonds is 7. The fourth-order valence-electron chi connectivity index (χ4n) is 5.14. The minimum Gasteiger partial charge on any atom is -0.467 e. The highest BCUT2D eigenvalue weighted by atomic mass is 16.3. The second-order valence-corrected chi connectivity index (χ2v) is 9.36.